The third-order valence-electron chi connectivity index (χ3n) is 1.85. The van der Waals surface area contributed by atoms with Gasteiger partial charge in [0.15, 0.2) is 0 Å². The molecule has 3 heteroatoms. The van der Waals surface area contributed by atoms with Crippen LogP contribution in [0.15, 0.2) is 36.9 Å². The third kappa shape index (κ3) is 5.45. The Morgan fingerprint density at radius 1 is 1.33 bits per heavy atom. The van der Waals surface area contributed by atoms with Gasteiger partial charge in [-0.3, -0.25) is 0 Å². The summed E-state index contributed by atoms with van der Waals surface area (Å²) >= 11 is 0. The fourth-order valence-electron chi connectivity index (χ4n) is 1.19. The van der Waals surface area contributed by atoms with Gasteiger partial charge in [-0.2, -0.15) is 0 Å². The molecule has 0 aliphatic carbocycles. The maximum Gasteiger partial charge on any atom is 0.119 e. The number of hydrogen-bond acceptors (Lipinski definition) is 2. The second-order valence-electron chi connectivity index (χ2n) is 3.00. The molecule has 0 saturated heterocycles. The zero-order valence-corrected chi connectivity index (χ0v) is 9.85. The number of halogens is 1. The molecule has 15 heavy (non-hydrogen) atoms. The Morgan fingerprint density at radius 3 is 2.53 bits per heavy atom. The van der Waals surface area contributed by atoms with Gasteiger partial charge in [0.2, 0.25) is 0 Å². The lowest BCUT2D eigenvalue weighted by atomic mass is 10.2. The van der Waals surface area contributed by atoms with Gasteiger partial charge in [-0.05, 0) is 24.6 Å². The van der Waals surface area contributed by atoms with Crippen molar-refractivity contribution in [2.24, 2.45) is 0 Å². The Bertz CT molecular complexity index is 271. The van der Waals surface area contributed by atoms with Crippen molar-refractivity contribution in [3.05, 3.63) is 42.5 Å². The van der Waals surface area contributed by atoms with E-state index in [0.29, 0.717) is 6.61 Å². The lowest BCUT2D eigenvalue weighted by Gasteiger charge is -2.05. The lowest BCUT2D eigenvalue weighted by molar-refractivity contribution is 0.340. The van der Waals surface area contributed by atoms with Crippen LogP contribution in [0, 0.1) is 0 Å². The van der Waals surface area contributed by atoms with Gasteiger partial charge in [-0.25, -0.2) is 0 Å². The van der Waals surface area contributed by atoms with E-state index in [9.17, 15) is 0 Å². The van der Waals surface area contributed by atoms with Gasteiger partial charge >= 0.3 is 0 Å². The molecule has 1 rings (SSSR count). The molecule has 0 bridgehead atoms. The quantitative estimate of drug-likeness (QED) is 0.596. The molecule has 0 unspecified atom stereocenters. The lowest BCUT2D eigenvalue weighted by Crippen LogP contribution is -2.12. The first-order valence-electron chi connectivity index (χ1n) is 4.90. The van der Waals surface area contributed by atoms with Crippen LogP contribution >= 0.6 is 12.4 Å². The van der Waals surface area contributed by atoms with Crippen molar-refractivity contribution in [2.75, 3.05) is 13.2 Å². The van der Waals surface area contributed by atoms with Crippen LogP contribution in [0.25, 0.3) is 0 Å². The van der Waals surface area contributed by atoms with Crippen molar-refractivity contribution in [1.29, 1.82) is 0 Å². The van der Waals surface area contributed by atoms with Crippen LogP contribution in [0.1, 0.15) is 12.5 Å². The van der Waals surface area contributed by atoms with E-state index in [-0.39, 0.29) is 12.4 Å². The maximum absolute atomic E-state index is 5.35. The molecule has 84 valence electrons. The van der Waals surface area contributed by atoms with Crippen molar-refractivity contribution < 1.29 is 4.74 Å². The third-order valence-corrected chi connectivity index (χ3v) is 1.85. The molecule has 1 N–H and O–H groups in total. The molecule has 0 aromatic heterocycles. The molecule has 0 aliphatic rings. The summed E-state index contributed by atoms with van der Waals surface area (Å²) in [7, 11) is 0. The van der Waals surface area contributed by atoms with E-state index < -0.39 is 0 Å². The van der Waals surface area contributed by atoms with Crippen molar-refractivity contribution >= 4 is 12.4 Å². The van der Waals surface area contributed by atoms with Crippen LogP contribution in [-0.2, 0) is 6.54 Å². The molecule has 0 heterocycles. The van der Waals surface area contributed by atoms with E-state index in [2.05, 4.69) is 24.0 Å². The van der Waals surface area contributed by atoms with Crippen LogP contribution in [0.3, 0.4) is 0 Å². The van der Waals surface area contributed by atoms with Gasteiger partial charge in [0.05, 0.1) is 6.61 Å². The van der Waals surface area contributed by atoms with Crippen molar-refractivity contribution in [3.8, 4) is 5.75 Å². The highest BCUT2D eigenvalue weighted by molar-refractivity contribution is 5.85. The molecule has 0 radical (unpaired) electrons. The van der Waals surface area contributed by atoms with Crippen LogP contribution in [-0.4, -0.2) is 13.2 Å². The van der Waals surface area contributed by atoms with Crippen LogP contribution in [0.4, 0.5) is 0 Å². The Hall–Kier alpha value is -0.990. The predicted octanol–water partition coefficient (Wildman–Crippen LogP) is 2.78. The van der Waals surface area contributed by atoms with Gasteiger partial charge < -0.3 is 10.1 Å². The number of benzene rings is 1. The van der Waals surface area contributed by atoms with E-state index in [4.69, 9.17) is 4.74 Å². The summed E-state index contributed by atoms with van der Waals surface area (Å²) in [6.07, 6.45) is 1.86. The Morgan fingerprint density at radius 2 is 2.00 bits per heavy atom. The first-order valence-corrected chi connectivity index (χ1v) is 4.90. The number of ether oxygens (including phenoxy) is 1. The monoisotopic (exact) mass is 227 g/mol. The van der Waals surface area contributed by atoms with Crippen LogP contribution in [0.5, 0.6) is 5.75 Å². The zero-order valence-electron chi connectivity index (χ0n) is 9.03. The minimum atomic E-state index is 0. The van der Waals surface area contributed by atoms with E-state index in [1.54, 1.807) is 0 Å². The zero-order chi connectivity index (χ0) is 10.2. The van der Waals surface area contributed by atoms with Gasteiger partial charge in [-0.15, -0.1) is 19.0 Å². The number of rotatable bonds is 6. The maximum atomic E-state index is 5.35. The molecular formula is C12H18ClNO. The second kappa shape index (κ2) is 8.33. The summed E-state index contributed by atoms with van der Waals surface area (Å²) < 4.78 is 5.35. The topological polar surface area (TPSA) is 21.3 Å². The van der Waals surface area contributed by atoms with Crippen LogP contribution in [0.2, 0.25) is 0 Å². The highest BCUT2D eigenvalue weighted by Crippen LogP contribution is 2.11. The Kier molecular flexibility index (Phi) is 7.78. The fraction of sp³-hybridized carbons (Fsp3) is 0.333. The molecule has 2 nitrogen and oxygen atoms in total. The van der Waals surface area contributed by atoms with E-state index in [1.165, 1.54) is 5.56 Å². The predicted molar refractivity (Wildman–Crippen MR) is 66.8 cm³/mol. The largest absolute Gasteiger partial charge is 0.494 e. The average Bonchev–Trinajstić information content (AvgIpc) is 2.21. The normalized spacial score (nSPS) is 9.13. The van der Waals surface area contributed by atoms with Gasteiger partial charge in [0.25, 0.3) is 0 Å². The first kappa shape index (κ1) is 14.0. The van der Waals surface area contributed by atoms with E-state index >= 15 is 0 Å². The standard InChI is InChI=1S/C12H17NO.ClH/c1-3-9-13-10-11-5-7-12(8-6-11)14-4-2;/h3,5-8,13H,1,4,9-10H2,2H3;1H. The summed E-state index contributed by atoms with van der Waals surface area (Å²) in [5.41, 5.74) is 1.26. The molecule has 0 atom stereocenters. The molecule has 1 aromatic rings. The van der Waals surface area contributed by atoms with Crippen molar-refractivity contribution in [2.45, 2.75) is 13.5 Å². The first-order chi connectivity index (χ1) is 6.86. The summed E-state index contributed by atoms with van der Waals surface area (Å²) in [5, 5.41) is 3.24. The molecule has 0 amide bonds. The second-order valence-corrected chi connectivity index (χ2v) is 3.00. The fourth-order valence-corrected chi connectivity index (χ4v) is 1.19. The van der Waals surface area contributed by atoms with Gasteiger partial charge in [0.1, 0.15) is 5.75 Å². The average molecular weight is 228 g/mol. The van der Waals surface area contributed by atoms with Crippen molar-refractivity contribution in [3.63, 3.8) is 0 Å². The highest BCUT2D eigenvalue weighted by atomic mass is 35.5. The summed E-state index contributed by atoms with van der Waals surface area (Å²) in [5.74, 6) is 0.931. The number of hydrogen-bond donors (Lipinski definition) is 1. The molecule has 0 spiro atoms. The van der Waals surface area contributed by atoms with E-state index in [0.717, 1.165) is 18.8 Å². The smallest absolute Gasteiger partial charge is 0.119 e. The summed E-state index contributed by atoms with van der Waals surface area (Å²) in [6, 6.07) is 8.13. The van der Waals surface area contributed by atoms with Gasteiger partial charge in [0, 0.05) is 13.1 Å². The molecule has 0 saturated carbocycles. The van der Waals surface area contributed by atoms with Gasteiger partial charge in [-0.1, -0.05) is 18.2 Å². The summed E-state index contributed by atoms with van der Waals surface area (Å²) in [4.78, 5) is 0. The molecular weight excluding hydrogens is 210 g/mol. The Balaban J connectivity index is 0.00000196. The molecule has 0 aliphatic heterocycles. The molecule has 1 aromatic carbocycles. The Labute approximate surface area is 97.7 Å². The SMILES string of the molecule is C=CCNCc1ccc(OCC)cc1.Cl. The van der Waals surface area contributed by atoms with Crippen molar-refractivity contribution in [1.82, 2.24) is 5.32 Å². The van der Waals surface area contributed by atoms with E-state index in [1.807, 2.05) is 25.1 Å². The highest BCUT2D eigenvalue weighted by Gasteiger charge is 1.93. The van der Waals surface area contributed by atoms with Crippen LogP contribution < -0.4 is 10.1 Å². The minimum Gasteiger partial charge on any atom is -0.494 e. The summed E-state index contributed by atoms with van der Waals surface area (Å²) in [6.45, 7) is 8.06. The minimum absolute atomic E-state index is 0. The molecule has 0 fully saturated rings. The number of nitrogens with one attached hydrogen (secondary N) is 1.